The van der Waals surface area contributed by atoms with Crippen LogP contribution in [0, 0.1) is 11.3 Å². The zero-order chi connectivity index (χ0) is 17.4. The van der Waals surface area contributed by atoms with Crippen molar-refractivity contribution >= 4 is 17.4 Å². The first-order valence-electron chi connectivity index (χ1n) is 8.06. The van der Waals surface area contributed by atoms with Crippen molar-refractivity contribution in [3.63, 3.8) is 0 Å². The Kier molecular flexibility index (Phi) is 6.26. The fourth-order valence-corrected chi connectivity index (χ4v) is 2.34. The van der Waals surface area contributed by atoms with Crippen LogP contribution in [0.2, 0.25) is 0 Å². The molecule has 2 aromatic rings. The predicted molar refractivity (Wildman–Crippen MR) is 93.9 cm³/mol. The quantitative estimate of drug-likeness (QED) is 0.846. The summed E-state index contributed by atoms with van der Waals surface area (Å²) in [5, 5.41) is 11.6. The van der Waals surface area contributed by atoms with Crippen LogP contribution in [0.5, 0.6) is 0 Å². The minimum Gasteiger partial charge on any atom is -0.355 e. The Morgan fingerprint density at radius 3 is 2.54 bits per heavy atom. The molecule has 1 aromatic heterocycles. The summed E-state index contributed by atoms with van der Waals surface area (Å²) < 4.78 is 0. The SMILES string of the molecule is CCCN(CCC)c1cnc(C(=O)Nc2cccc(C#N)c2)cn1. The molecule has 0 unspecified atom stereocenters. The molecule has 0 aliphatic carbocycles. The van der Waals surface area contributed by atoms with Crippen LogP contribution in [0.3, 0.4) is 0 Å². The first-order valence-corrected chi connectivity index (χ1v) is 8.06. The molecule has 0 aliphatic heterocycles. The van der Waals surface area contributed by atoms with Crippen LogP contribution in [0.1, 0.15) is 42.7 Å². The van der Waals surface area contributed by atoms with E-state index in [4.69, 9.17) is 5.26 Å². The standard InChI is InChI=1S/C18H21N5O/c1-3-8-23(9-4-2)17-13-20-16(12-21-17)18(24)22-15-7-5-6-14(10-15)11-19/h5-7,10,12-13H,3-4,8-9H2,1-2H3,(H,22,24). The molecular weight excluding hydrogens is 302 g/mol. The molecule has 1 N–H and O–H groups in total. The molecule has 1 aromatic carbocycles. The van der Waals surface area contributed by atoms with Gasteiger partial charge in [0, 0.05) is 18.8 Å². The number of nitriles is 1. The second kappa shape index (κ2) is 8.63. The number of aromatic nitrogens is 2. The van der Waals surface area contributed by atoms with Crippen molar-refractivity contribution in [2.24, 2.45) is 0 Å². The first kappa shape index (κ1) is 17.4. The third-order valence-corrected chi connectivity index (χ3v) is 3.43. The van der Waals surface area contributed by atoms with Gasteiger partial charge >= 0.3 is 0 Å². The lowest BCUT2D eigenvalue weighted by Gasteiger charge is -2.22. The van der Waals surface area contributed by atoms with E-state index in [1.807, 2.05) is 6.07 Å². The van der Waals surface area contributed by atoms with E-state index in [9.17, 15) is 4.79 Å². The predicted octanol–water partition coefficient (Wildman–Crippen LogP) is 3.23. The van der Waals surface area contributed by atoms with Crippen molar-refractivity contribution in [3.8, 4) is 6.07 Å². The highest BCUT2D eigenvalue weighted by molar-refractivity contribution is 6.02. The number of nitrogens with one attached hydrogen (secondary N) is 1. The summed E-state index contributed by atoms with van der Waals surface area (Å²) in [7, 11) is 0. The van der Waals surface area contributed by atoms with E-state index in [1.165, 1.54) is 6.20 Å². The molecule has 6 nitrogen and oxygen atoms in total. The van der Waals surface area contributed by atoms with Crippen LogP contribution in [0.4, 0.5) is 11.5 Å². The third kappa shape index (κ3) is 4.53. The summed E-state index contributed by atoms with van der Waals surface area (Å²) in [6, 6.07) is 8.78. The highest BCUT2D eigenvalue weighted by Gasteiger charge is 2.11. The van der Waals surface area contributed by atoms with Gasteiger partial charge in [-0.25, -0.2) is 9.97 Å². The van der Waals surface area contributed by atoms with Gasteiger partial charge in [-0.2, -0.15) is 5.26 Å². The lowest BCUT2D eigenvalue weighted by atomic mass is 10.2. The van der Waals surface area contributed by atoms with Gasteiger partial charge < -0.3 is 10.2 Å². The third-order valence-electron chi connectivity index (χ3n) is 3.43. The maximum absolute atomic E-state index is 12.2. The zero-order valence-corrected chi connectivity index (χ0v) is 14.0. The minimum atomic E-state index is -0.346. The van der Waals surface area contributed by atoms with Gasteiger partial charge in [0.05, 0.1) is 24.0 Å². The number of carbonyl (C=O) groups is 1. The van der Waals surface area contributed by atoms with Crippen LogP contribution < -0.4 is 10.2 Å². The van der Waals surface area contributed by atoms with Gasteiger partial charge in [-0.1, -0.05) is 19.9 Å². The van der Waals surface area contributed by atoms with Crippen LogP contribution in [0.15, 0.2) is 36.7 Å². The second-order valence-corrected chi connectivity index (χ2v) is 5.39. The number of nitrogens with zero attached hydrogens (tertiary/aromatic N) is 4. The molecule has 0 saturated heterocycles. The van der Waals surface area contributed by atoms with Gasteiger partial charge in [-0.15, -0.1) is 0 Å². The Morgan fingerprint density at radius 2 is 1.96 bits per heavy atom. The molecule has 0 spiro atoms. The average molecular weight is 323 g/mol. The maximum Gasteiger partial charge on any atom is 0.275 e. The first-order chi connectivity index (χ1) is 11.7. The maximum atomic E-state index is 12.2. The summed E-state index contributed by atoms with van der Waals surface area (Å²) >= 11 is 0. The Labute approximate surface area is 142 Å². The number of benzene rings is 1. The number of hydrogen-bond donors (Lipinski definition) is 1. The highest BCUT2D eigenvalue weighted by atomic mass is 16.1. The summed E-state index contributed by atoms with van der Waals surface area (Å²) in [4.78, 5) is 23.0. The lowest BCUT2D eigenvalue weighted by Crippen LogP contribution is -2.26. The van der Waals surface area contributed by atoms with Crippen LogP contribution in [-0.4, -0.2) is 29.0 Å². The Morgan fingerprint density at radius 1 is 1.21 bits per heavy atom. The molecule has 2 rings (SSSR count). The van der Waals surface area contributed by atoms with Gasteiger partial charge in [0.2, 0.25) is 0 Å². The monoisotopic (exact) mass is 323 g/mol. The highest BCUT2D eigenvalue weighted by Crippen LogP contribution is 2.13. The van der Waals surface area contributed by atoms with E-state index in [1.54, 1.807) is 30.5 Å². The van der Waals surface area contributed by atoms with E-state index < -0.39 is 0 Å². The van der Waals surface area contributed by atoms with E-state index in [-0.39, 0.29) is 11.6 Å². The summed E-state index contributed by atoms with van der Waals surface area (Å²) in [5.74, 6) is 0.434. The van der Waals surface area contributed by atoms with Crippen molar-refractivity contribution in [3.05, 3.63) is 47.9 Å². The smallest absolute Gasteiger partial charge is 0.275 e. The molecule has 0 saturated carbocycles. The molecule has 1 amide bonds. The van der Waals surface area contributed by atoms with Crippen molar-refractivity contribution in [2.75, 3.05) is 23.3 Å². The normalized spacial score (nSPS) is 10.0. The van der Waals surface area contributed by atoms with Crippen molar-refractivity contribution < 1.29 is 4.79 Å². The fraction of sp³-hybridized carbons (Fsp3) is 0.333. The van der Waals surface area contributed by atoms with Gasteiger partial charge in [0.25, 0.3) is 5.91 Å². The van der Waals surface area contributed by atoms with Crippen LogP contribution >= 0.6 is 0 Å². The van der Waals surface area contributed by atoms with Gasteiger partial charge in [-0.05, 0) is 31.0 Å². The molecule has 124 valence electrons. The number of amides is 1. The molecule has 0 bridgehead atoms. The molecule has 24 heavy (non-hydrogen) atoms. The summed E-state index contributed by atoms with van der Waals surface area (Å²) in [6.45, 7) is 6.06. The van der Waals surface area contributed by atoms with Gasteiger partial charge in [-0.3, -0.25) is 4.79 Å². The molecule has 0 fully saturated rings. The van der Waals surface area contributed by atoms with Crippen molar-refractivity contribution in [1.82, 2.24) is 9.97 Å². The van der Waals surface area contributed by atoms with Gasteiger partial charge in [0.15, 0.2) is 0 Å². The Balaban J connectivity index is 2.09. The Bertz CT molecular complexity index is 715. The minimum absolute atomic E-state index is 0.244. The number of hydrogen-bond acceptors (Lipinski definition) is 5. The Hall–Kier alpha value is -2.94. The van der Waals surface area contributed by atoms with E-state index in [2.05, 4.69) is 34.0 Å². The molecule has 0 aliphatic rings. The number of carbonyl (C=O) groups excluding carboxylic acids is 1. The number of anilines is 2. The topological polar surface area (TPSA) is 81.9 Å². The molecule has 6 heteroatoms. The molecular formula is C18H21N5O. The fourth-order valence-electron chi connectivity index (χ4n) is 2.34. The lowest BCUT2D eigenvalue weighted by molar-refractivity contribution is 0.102. The van der Waals surface area contributed by atoms with Crippen molar-refractivity contribution in [2.45, 2.75) is 26.7 Å². The van der Waals surface area contributed by atoms with Crippen molar-refractivity contribution in [1.29, 1.82) is 5.26 Å². The second-order valence-electron chi connectivity index (χ2n) is 5.39. The van der Waals surface area contributed by atoms with E-state index in [0.29, 0.717) is 11.3 Å². The van der Waals surface area contributed by atoms with Crippen LogP contribution in [0.25, 0.3) is 0 Å². The van der Waals surface area contributed by atoms with Crippen LogP contribution in [-0.2, 0) is 0 Å². The van der Waals surface area contributed by atoms with E-state index in [0.717, 1.165) is 31.7 Å². The van der Waals surface area contributed by atoms with E-state index >= 15 is 0 Å². The zero-order valence-electron chi connectivity index (χ0n) is 14.0. The molecule has 0 radical (unpaired) electrons. The van der Waals surface area contributed by atoms with Gasteiger partial charge in [0.1, 0.15) is 11.5 Å². The summed E-state index contributed by atoms with van der Waals surface area (Å²) in [5.41, 5.74) is 1.29. The molecule has 1 heterocycles. The average Bonchev–Trinajstić information content (AvgIpc) is 2.62. The number of rotatable bonds is 7. The largest absolute Gasteiger partial charge is 0.355 e. The molecule has 0 atom stereocenters. The summed E-state index contributed by atoms with van der Waals surface area (Å²) in [6.07, 6.45) is 5.17.